The van der Waals surface area contributed by atoms with Gasteiger partial charge in [0.25, 0.3) is 0 Å². The molecule has 2 heterocycles. The molecule has 0 saturated carbocycles. The molecule has 2 aliphatic heterocycles. The molecule has 2 saturated heterocycles. The van der Waals surface area contributed by atoms with Crippen LogP contribution in [0.1, 0.15) is 310 Å². The van der Waals surface area contributed by atoms with E-state index in [1.54, 1.807) is 0 Å². The van der Waals surface area contributed by atoms with E-state index < -0.39 is 164 Å². The predicted octanol–water partition coefficient (Wildman–Crippen LogP) is 10.9. The number of aliphatic hydroxyl groups is 6. The molecule has 0 aromatic rings. The molecule has 560 valence electrons. The van der Waals surface area contributed by atoms with E-state index >= 15 is 0 Å². The van der Waals surface area contributed by atoms with Crippen molar-refractivity contribution in [2.45, 2.75) is 396 Å². The van der Waals surface area contributed by atoms with Crippen LogP contribution in [0.2, 0.25) is 0 Å². The number of unbranched alkanes of at least 4 members (excludes halogenated alkanes) is 32. The first-order chi connectivity index (χ1) is 45.4. The van der Waals surface area contributed by atoms with Crippen LogP contribution in [0.3, 0.4) is 0 Å². The highest BCUT2D eigenvalue weighted by molar-refractivity contribution is 7.46. The van der Waals surface area contributed by atoms with Gasteiger partial charge in [-0.1, -0.05) is 259 Å². The summed E-state index contributed by atoms with van der Waals surface area (Å²) < 4.78 is 65.3. The minimum Gasteiger partial charge on any atom is -0.457 e. The van der Waals surface area contributed by atoms with E-state index in [2.05, 4.69) is 38.3 Å². The second kappa shape index (κ2) is 53.6. The first-order valence-electron chi connectivity index (χ1n) is 36.8. The average Bonchev–Trinajstić information content (AvgIpc) is 0.788. The second-order valence-electron chi connectivity index (χ2n) is 26.7. The number of amides is 2. The van der Waals surface area contributed by atoms with Crippen LogP contribution in [0, 0.1) is 0 Å². The minimum absolute atomic E-state index is 0.196. The molecule has 2 amide bonds. The van der Waals surface area contributed by atoms with E-state index in [0.29, 0.717) is 25.7 Å². The summed E-state index contributed by atoms with van der Waals surface area (Å²) in [6.07, 6.45) is 13.8. The van der Waals surface area contributed by atoms with Gasteiger partial charge in [-0.15, -0.1) is 0 Å². The molecule has 2 rings (SSSR count). The molecule has 0 aromatic carbocycles. The van der Waals surface area contributed by atoms with Crippen LogP contribution in [0.15, 0.2) is 0 Å². The van der Waals surface area contributed by atoms with Gasteiger partial charge in [0.05, 0.1) is 63.3 Å². The van der Waals surface area contributed by atoms with Crippen LogP contribution >= 0.6 is 15.6 Å². The zero-order chi connectivity index (χ0) is 70.3. The highest BCUT2D eigenvalue weighted by atomic mass is 31.2. The van der Waals surface area contributed by atoms with E-state index in [1.165, 1.54) is 51.4 Å². The number of hydrogen-bond acceptors (Lipinski definition) is 19. The number of esters is 2. The first kappa shape index (κ1) is 88.8. The van der Waals surface area contributed by atoms with Gasteiger partial charge in [0.2, 0.25) is 11.8 Å². The van der Waals surface area contributed by atoms with Gasteiger partial charge in [0.1, 0.15) is 36.5 Å². The molecule has 95 heavy (non-hydrogen) atoms. The molecule has 14 atom stereocenters. The van der Waals surface area contributed by atoms with Crippen molar-refractivity contribution in [3.8, 4) is 0 Å². The lowest BCUT2D eigenvalue weighted by Gasteiger charge is -2.47. The van der Waals surface area contributed by atoms with E-state index in [4.69, 9.17) is 32.7 Å². The molecular weight excluding hydrogens is 1270 g/mol. The SMILES string of the molecule is CCCCCCCCCCC[C@@H](O)CC(=O)N[C@H]1[C@H](OC[C@H]2O[C@H](OP(=O)(O)O)[C@H](NC(=O)C[C@H](O)CCCCCCCCCCC)[C@@H](OC(=O)C[C@H](O)CCCCCCCCCCC)[C@@H]2O)O[C@H](CO)[C@H](OP(=O)(O)O)[C@@H]1OC(=O)C[C@H](O)CCCCCCCCCCC. The average molecular weight is 1410 g/mol. The summed E-state index contributed by atoms with van der Waals surface area (Å²) in [5.41, 5.74) is 0. The predicted molar refractivity (Wildman–Crippen MR) is 360 cm³/mol. The highest BCUT2D eigenvalue weighted by Crippen LogP contribution is 2.44. The normalized spacial score (nSPS) is 23.0. The fraction of sp³-hybridized carbons (Fsp3) is 0.941. The van der Waals surface area contributed by atoms with Crippen LogP contribution in [0.25, 0.3) is 0 Å². The third-order valence-electron chi connectivity index (χ3n) is 17.8. The largest absolute Gasteiger partial charge is 0.472 e. The molecule has 25 nitrogen and oxygen atoms in total. The number of phosphoric ester groups is 2. The lowest BCUT2D eigenvalue weighted by Crippen LogP contribution is -2.68. The highest BCUT2D eigenvalue weighted by Gasteiger charge is 2.55. The molecule has 0 aliphatic carbocycles. The summed E-state index contributed by atoms with van der Waals surface area (Å²) >= 11 is 0. The number of aliphatic hydroxyl groups excluding tert-OH is 6. The number of nitrogens with one attached hydrogen (secondary N) is 2. The lowest BCUT2D eigenvalue weighted by atomic mass is 9.95. The fourth-order valence-corrected chi connectivity index (χ4v) is 13.4. The molecule has 0 bridgehead atoms. The molecular formula is C68H130N2O23P2. The number of hydrogen-bond donors (Lipinski definition) is 12. The number of carbonyl (C=O) groups is 4. The van der Waals surface area contributed by atoms with E-state index in [1.807, 2.05) is 0 Å². The standard InChI is InChI=1S/C68H130N2O23P2/c1-5-9-13-17-21-25-29-33-37-41-51(72)45-57(76)69-61-65(90-59(78)47-53(74)43-39-35-31-27-23-19-15-11-7-3)63(80)56(89-68(61)93-95(84,85)86)50-87-67-62(70-58(77)46-52(73)42-38-34-30-26-22-18-14-10-6-2)66(64(55(49-71)88-67)92-94(81,82)83)91-60(79)48-54(75)44-40-36-32-28-24-20-16-12-8-4/h51-56,61-68,71-75,80H,5-50H2,1-4H3,(H,69,76)(H,70,77)(H2,81,82,83)(H2,84,85,86)/t51-,52-,53-,54-,55-,56-,61-,62-,63-,64+,65-,66-,67-,68-/m1/s1. The molecule has 0 unspecified atom stereocenters. The summed E-state index contributed by atoms with van der Waals surface area (Å²) in [7, 11) is -11.2. The van der Waals surface area contributed by atoms with Gasteiger partial charge < -0.3 is 84.5 Å². The van der Waals surface area contributed by atoms with Crippen LogP contribution < -0.4 is 10.6 Å². The maximum absolute atomic E-state index is 14.1. The van der Waals surface area contributed by atoms with Gasteiger partial charge in [-0.3, -0.25) is 28.2 Å². The molecule has 0 spiro atoms. The Labute approximate surface area is 568 Å². The van der Waals surface area contributed by atoms with Crippen LogP contribution in [0.4, 0.5) is 0 Å². The van der Waals surface area contributed by atoms with Crippen molar-refractivity contribution in [3.63, 3.8) is 0 Å². The second-order valence-corrected chi connectivity index (χ2v) is 29.1. The van der Waals surface area contributed by atoms with Crippen molar-refractivity contribution >= 4 is 39.4 Å². The molecule has 12 N–H and O–H groups in total. The summed E-state index contributed by atoms with van der Waals surface area (Å²) in [6.45, 7) is 6.55. The van der Waals surface area contributed by atoms with Crippen LogP contribution in [-0.2, 0) is 61.0 Å². The molecule has 0 aromatic heterocycles. The van der Waals surface area contributed by atoms with Gasteiger partial charge in [-0.25, -0.2) is 9.13 Å². The van der Waals surface area contributed by atoms with Gasteiger partial charge in [0.15, 0.2) is 24.8 Å². The number of carbonyl (C=O) groups excluding carboxylic acids is 4. The topological polar surface area (TPSA) is 393 Å². The van der Waals surface area contributed by atoms with Crippen LogP contribution in [0.5, 0.6) is 0 Å². The smallest absolute Gasteiger partial charge is 0.457 e. The number of rotatable bonds is 60. The third kappa shape index (κ3) is 43.2. The van der Waals surface area contributed by atoms with Crippen molar-refractivity contribution < 1.29 is 111 Å². The van der Waals surface area contributed by atoms with Gasteiger partial charge in [-0.05, 0) is 25.7 Å². The van der Waals surface area contributed by atoms with Crippen molar-refractivity contribution in [2.75, 3.05) is 13.2 Å². The summed E-state index contributed by atoms with van der Waals surface area (Å²) in [5, 5.41) is 72.2. The van der Waals surface area contributed by atoms with Crippen molar-refractivity contribution in [2.24, 2.45) is 0 Å². The molecule has 0 radical (unpaired) electrons. The zero-order valence-electron chi connectivity index (χ0n) is 58.3. The Bertz CT molecular complexity index is 2080. The third-order valence-corrected chi connectivity index (χ3v) is 18.8. The van der Waals surface area contributed by atoms with Crippen molar-refractivity contribution in [1.29, 1.82) is 0 Å². The molecule has 2 aliphatic rings. The first-order valence-corrected chi connectivity index (χ1v) is 39.9. The maximum Gasteiger partial charge on any atom is 0.472 e. The Kier molecular flexibility index (Phi) is 50.1. The quantitative estimate of drug-likeness (QED) is 0.0153. The van der Waals surface area contributed by atoms with Crippen molar-refractivity contribution in [3.05, 3.63) is 0 Å². The lowest BCUT2D eigenvalue weighted by molar-refractivity contribution is -0.296. The van der Waals surface area contributed by atoms with Gasteiger partial charge >= 0.3 is 27.6 Å². The Balaban J connectivity index is 2.55. The Morgan fingerprint density at radius 3 is 1.02 bits per heavy atom. The summed E-state index contributed by atoms with van der Waals surface area (Å²) in [5.74, 6) is -4.01. The minimum atomic E-state index is -5.61. The zero-order valence-corrected chi connectivity index (χ0v) is 60.1. The fourth-order valence-electron chi connectivity index (χ4n) is 12.4. The number of phosphoric acid groups is 2. The van der Waals surface area contributed by atoms with Crippen LogP contribution in [-0.4, -0.2) is 173 Å². The van der Waals surface area contributed by atoms with Gasteiger partial charge in [0, 0.05) is 0 Å². The Morgan fingerprint density at radius 1 is 0.400 bits per heavy atom. The summed E-state index contributed by atoms with van der Waals surface area (Å²) in [4.78, 5) is 96.5. The van der Waals surface area contributed by atoms with Crippen molar-refractivity contribution in [1.82, 2.24) is 10.6 Å². The van der Waals surface area contributed by atoms with E-state index in [0.717, 1.165) is 154 Å². The van der Waals surface area contributed by atoms with E-state index in [-0.39, 0.29) is 25.7 Å². The monoisotopic (exact) mass is 1400 g/mol. The molecule has 2 fully saturated rings. The van der Waals surface area contributed by atoms with E-state index in [9.17, 15) is 78.5 Å². The number of ether oxygens (including phenoxy) is 5. The van der Waals surface area contributed by atoms with Gasteiger partial charge in [-0.2, -0.15) is 0 Å². The maximum atomic E-state index is 14.1. The Hall–Kier alpha value is -2.26. The summed E-state index contributed by atoms with van der Waals surface area (Å²) in [6, 6.07) is -3.75. The Morgan fingerprint density at radius 2 is 0.695 bits per heavy atom. The molecule has 27 heteroatoms.